The molecule has 1 nitrogen and oxygen atoms in total. The van der Waals surface area contributed by atoms with Crippen LogP contribution in [0.5, 0.6) is 0 Å². The Kier molecular flexibility index (Phi) is 90.6. The minimum Gasteiger partial charge on any atom is 0 e. The van der Waals surface area contributed by atoms with Gasteiger partial charge in [-0.3, -0.25) is 0 Å². The summed E-state index contributed by atoms with van der Waals surface area (Å²) in [5.74, 6) is 0. The average Bonchev–Trinajstić information content (AvgIpc) is 1.00. The van der Waals surface area contributed by atoms with Gasteiger partial charge in [0, 0.05) is 36.3 Å². The first-order valence-corrected chi connectivity index (χ1v) is 1.79. The van der Waals surface area contributed by atoms with E-state index in [9.17, 15) is 0 Å². The molecule has 4 heteroatoms. The van der Waals surface area contributed by atoms with Gasteiger partial charge in [-0.05, 0) is 0 Å². The van der Waals surface area contributed by atoms with Gasteiger partial charge in [0.1, 0.15) is 0 Å². The van der Waals surface area contributed by atoms with Crippen LogP contribution in [0.1, 0.15) is 0 Å². The molecule has 0 saturated heterocycles. The smallest absolute Gasteiger partial charge is 0 e. The Morgan fingerprint density at radius 1 is 1.25 bits per heavy atom. The van der Waals surface area contributed by atoms with E-state index in [-0.39, 0.29) is 61.0 Å². The van der Waals surface area contributed by atoms with Crippen LogP contribution in [0, 0.1) is 0 Å². The molecular weight excluding hydrogens is 349 g/mol. The first-order valence-electron chi connectivity index (χ1n) is 0.204. The zero-order chi connectivity index (χ0) is 2.00. The molecule has 0 aromatic carbocycles. The van der Waals surface area contributed by atoms with Gasteiger partial charge >= 0.3 is 27.5 Å². The third kappa shape index (κ3) is 9.18. The van der Waals surface area contributed by atoms with Crippen molar-refractivity contribution >= 4 is 24.7 Å². The second-order valence-electron chi connectivity index (χ2n) is 0. The molecule has 0 rings (SSSR count). The summed E-state index contributed by atoms with van der Waals surface area (Å²) in [5, 5.41) is 0. The van der Waals surface area contributed by atoms with Gasteiger partial charge < -0.3 is 0 Å². The fraction of sp³-hybridized carbons (Fsp3) is 0. The van der Waals surface area contributed by atoms with E-state index in [1.54, 1.807) is 0 Å². The van der Waals surface area contributed by atoms with Gasteiger partial charge in [-0.2, -0.15) is 0 Å². The number of hydrogen-bond acceptors (Lipinski definition) is 1. The van der Waals surface area contributed by atoms with Crippen LogP contribution >= 0.6 is 0 Å². The zero-order valence-corrected chi connectivity index (χ0v) is 9.84. The summed E-state index contributed by atoms with van der Waals surface area (Å²) in [7, 11) is 0. The van der Waals surface area contributed by atoms with Crippen LogP contribution in [0.2, 0.25) is 0 Å². The van der Waals surface area contributed by atoms with Crippen LogP contribution in [0.4, 0.5) is 0 Å². The van der Waals surface area contributed by atoms with E-state index in [1.807, 2.05) is 0 Å². The molecule has 4 heavy (non-hydrogen) atoms. The van der Waals surface area contributed by atoms with Crippen molar-refractivity contribution in [2.75, 3.05) is 0 Å². The SMILES string of the molecule is [Co].[O]=[BiH].[Zn]. The Hall–Kier alpha value is 1.81. The standard InChI is InChI=1S/Bi.Co.O.Zn.H. The molecule has 0 N–H and O–H groups in total. The van der Waals surface area contributed by atoms with Gasteiger partial charge in [-0.25, -0.2) is 0 Å². The van der Waals surface area contributed by atoms with Crippen molar-refractivity contribution in [3.8, 4) is 0 Å². The van der Waals surface area contributed by atoms with Crippen molar-refractivity contribution in [2.24, 2.45) is 0 Å². The third-order valence-corrected chi connectivity index (χ3v) is 0. The summed E-state index contributed by atoms with van der Waals surface area (Å²) in [5.41, 5.74) is 0. The maximum atomic E-state index is 8.39. The van der Waals surface area contributed by atoms with E-state index in [2.05, 4.69) is 0 Å². The average molecular weight is 350 g/mol. The first kappa shape index (κ1) is 17.0. The maximum Gasteiger partial charge on any atom is 0 e. The predicted octanol–water partition coefficient (Wildman–Crippen LogP) is -0.772. The fourth-order valence-electron chi connectivity index (χ4n) is 0. The maximum absolute atomic E-state index is 8.39. The van der Waals surface area contributed by atoms with E-state index < -0.39 is 0 Å². The molecule has 0 aromatic heterocycles. The van der Waals surface area contributed by atoms with E-state index in [1.165, 1.54) is 0 Å². The van der Waals surface area contributed by atoms with Crippen molar-refractivity contribution in [3.63, 3.8) is 0 Å². The van der Waals surface area contributed by atoms with Crippen LogP contribution in [-0.4, -0.2) is 24.7 Å². The molecule has 0 unspecified atom stereocenters. The molecule has 0 aliphatic carbocycles. The van der Waals surface area contributed by atoms with Gasteiger partial charge in [-0.1, -0.05) is 0 Å². The van der Waals surface area contributed by atoms with E-state index >= 15 is 0 Å². The third-order valence-electron chi connectivity index (χ3n) is 0. The van der Waals surface area contributed by atoms with Gasteiger partial charge in [-0.15, -0.1) is 0 Å². The Bertz CT molecular complexity index is 8.00. The summed E-state index contributed by atoms with van der Waals surface area (Å²) in [6, 6.07) is 0. The van der Waals surface area contributed by atoms with Crippen LogP contribution in [0.3, 0.4) is 0 Å². The second-order valence-corrected chi connectivity index (χ2v) is 0. The Labute approximate surface area is 63.2 Å². The zero-order valence-electron chi connectivity index (χ0n) is 1.95. The van der Waals surface area contributed by atoms with Crippen LogP contribution < -0.4 is 0 Å². The van der Waals surface area contributed by atoms with Crippen LogP contribution in [-0.2, 0) is 39.1 Å². The fourth-order valence-corrected chi connectivity index (χ4v) is 0. The van der Waals surface area contributed by atoms with Gasteiger partial charge in [0.2, 0.25) is 0 Å². The normalized spacial score (nSPS) is 1.00. The second kappa shape index (κ2) is 21.3. The van der Waals surface area contributed by atoms with Gasteiger partial charge in [0.15, 0.2) is 0 Å². The van der Waals surface area contributed by atoms with Crippen LogP contribution in [0.15, 0.2) is 0 Å². The topological polar surface area (TPSA) is 17.1 Å². The number of hydrogen-bond donors (Lipinski definition) is 0. The largest absolute Gasteiger partial charge is 0 e. The predicted molar refractivity (Wildman–Crippen MR) is 7.84 cm³/mol. The Morgan fingerprint density at radius 2 is 1.25 bits per heavy atom. The molecule has 0 aliphatic rings. The molecule has 0 fully saturated rings. The molecule has 0 spiro atoms. The number of rotatable bonds is 0. The molecule has 0 saturated carbocycles. The van der Waals surface area contributed by atoms with Gasteiger partial charge in [0.05, 0.1) is 0 Å². The monoisotopic (exact) mass is 349 g/mol. The van der Waals surface area contributed by atoms with E-state index in [4.69, 9.17) is 2.81 Å². The van der Waals surface area contributed by atoms with E-state index in [0.29, 0.717) is 0 Å². The molecule has 0 aliphatic heterocycles. The minimum atomic E-state index is 0. The molecule has 0 amide bonds. The summed E-state index contributed by atoms with van der Waals surface area (Å²) >= 11 is 0.0556. The van der Waals surface area contributed by atoms with Gasteiger partial charge in [0.25, 0.3) is 0 Å². The van der Waals surface area contributed by atoms with Crippen LogP contribution in [0.25, 0.3) is 0 Å². The molecule has 1 radical (unpaired) electrons. The van der Waals surface area contributed by atoms with Crippen molar-refractivity contribution in [1.82, 2.24) is 0 Å². The summed E-state index contributed by atoms with van der Waals surface area (Å²) in [4.78, 5) is 0. The molecule has 0 bridgehead atoms. The minimum absolute atomic E-state index is 0. The van der Waals surface area contributed by atoms with Crippen molar-refractivity contribution < 1.29 is 39.1 Å². The first-order chi connectivity index (χ1) is 1.00. The van der Waals surface area contributed by atoms with Crippen molar-refractivity contribution in [2.45, 2.75) is 0 Å². The summed E-state index contributed by atoms with van der Waals surface area (Å²) < 4.78 is 8.39. The summed E-state index contributed by atoms with van der Waals surface area (Å²) in [6.45, 7) is 0. The summed E-state index contributed by atoms with van der Waals surface area (Å²) in [6.07, 6.45) is 0. The quantitative estimate of drug-likeness (QED) is 0.525. The van der Waals surface area contributed by atoms with Crippen molar-refractivity contribution in [1.29, 1.82) is 0 Å². The molecule has 23 valence electrons. The van der Waals surface area contributed by atoms with Crippen molar-refractivity contribution in [3.05, 3.63) is 0 Å². The van der Waals surface area contributed by atoms with E-state index in [0.717, 1.165) is 0 Å². The molecular formula is HBiCoOZn. The molecule has 0 atom stereocenters. The molecule has 0 aromatic rings. The Balaban J connectivity index is -0.00000000500. The molecule has 0 heterocycles. The Morgan fingerprint density at radius 3 is 1.25 bits per heavy atom.